The summed E-state index contributed by atoms with van der Waals surface area (Å²) in [6.07, 6.45) is 5.18. The Balaban J connectivity index is 1.36. The molecule has 3 aromatic rings. The minimum atomic E-state index is -0.125. The maximum atomic E-state index is 11.7. The topological polar surface area (TPSA) is 80.3 Å². The molecule has 1 N–H and O–H groups in total. The number of imidazole rings is 1. The Morgan fingerprint density at radius 3 is 2.86 bits per heavy atom. The van der Waals surface area contributed by atoms with Crippen molar-refractivity contribution in [1.29, 1.82) is 0 Å². The highest BCUT2D eigenvalue weighted by molar-refractivity contribution is 5.75. The molecule has 0 aliphatic carbocycles. The van der Waals surface area contributed by atoms with Crippen LogP contribution in [0.1, 0.15) is 42.6 Å². The Kier molecular flexibility index (Phi) is 4.89. The lowest BCUT2D eigenvalue weighted by Gasteiger charge is -2.24. The molecule has 1 amide bonds. The van der Waals surface area contributed by atoms with Crippen molar-refractivity contribution in [3.05, 3.63) is 54.0 Å². The van der Waals surface area contributed by atoms with Gasteiger partial charge < -0.3 is 19.4 Å². The SMILES string of the molecule is O=CN1CC(Oc2ncccc2C2CCOCC2)CC1c1nc2ccccc2[nH]1. The number of nitrogens with zero attached hydrogens (tertiary/aromatic N) is 3. The van der Waals surface area contributed by atoms with E-state index >= 15 is 0 Å². The second kappa shape index (κ2) is 7.83. The van der Waals surface area contributed by atoms with E-state index in [0.29, 0.717) is 24.8 Å². The number of nitrogens with one attached hydrogen (secondary N) is 1. The molecule has 2 fully saturated rings. The van der Waals surface area contributed by atoms with Crippen LogP contribution >= 0.6 is 0 Å². The number of aromatic nitrogens is 3. The van der Waals surface area contributed by atoms with E-state index in [1.165, 1.54) is 0 Å². The quantitative estimate of drug-likeness (QED) is 0.675. The van der Waals surface area contributed by atoms with Crippen LogP contribution in [0.3, 0.4) is 0 Å². The Morgan fingerprint density at radius 1 is 1.17 bits per heavy atom. The average molecular weight is 392 g/mol. The van der Waals surface area contributed by atoms with Crippen molar-refractivity contribution in [3.8, 4) is 5.88 Å². The van der Waals surface area contributed by atoms with Gasteiger partial charge in [0.25, 0.3) is 0 Å². The molecule has 2 saturated heterocycles. The smallest absolute Gasteiger partial charge is 0.217 e. The molecule has 2 atom stereocenters. The van der Waals surface area contributed by atoms with Crippen molar-refractivity contribution in [1.82, 2.24) is 19.9 Å². The number of pyridine rings is 1. The fourth-order valence-electron chi connectivity index (χ4n) is 4.40. The van der Waals surface area contributed by atoms with Crippen molar-refractivity contribution in [3.63, 3.8) is 0 Å². The van der Waals surface area contributed by atoms with E-state index in [1.54, 1.807) is 11.1 Å². The molecule has 0 bridgehead atoms. The maximum Gasteiger partial charge on any atom is 0.217 e. The predicted octanol–water partition coefficient (Wildman–Crippen LogP) is 3.20. The summed E-state index contributed by atoms with van der Waals surface area (Å²) in [6.45, 7) is 2.07. The summed E-state index contributed by atoms with van der Waals surface area (Å²) < 4.78 is 11.8. The highest BCUT2D eigenvalue weighted by atomic mass is 16.5. The third-order valence-electron chi connectivity index (χ3n) is 5.90. The Labute approximate surface area is 169 Å². The van der Waals surface area contributed by atoms with Gasteiger partial charge in [-0.1, -0.05) is 18.2 Å². The molecule has 7 heteroatoms. The van der Waals surface area contributed by atoms with E-state index in [1.807, 2.05) is 30.3 Å². The number of H-pyrrole nitrogens is 1. The summed E-state index contributed by atoms with van der Waals surface area (Å²) in [5.41, 5.74) is 3.02. The molecule has 0 radical (unpaired) electrons. The molecule has 150 valence electrons. The van der Waals surface area contributed by atoms with Gasteiger partial charge >= 0.3 is 0 Å². The first kappa shape index (κ1) is 18.1. The average Bonchev–Trinajstić information content (AvgIpc) is 3.38. The zero-order chi connectivity index (χ0) is 19.6. The van der Waals surface area contributed by atoms with Gasteiger partial charge in [-0.25, -0.2) is 9.97 Å². The Bertz CT molecular complexity index is 965. The number of rotatable bonds is 5. The van der Waals surface area contributed by atoms with E-state index in [9.17, 15) is 4.79 Å². The number of likely N-dealkylation sites (tertiary alicyclic amines) is 1. The van der Waals surface area contributed by atoms with Crippen LogP contribution in [0.2, 0.25) is 0 Å². The lowest BCUT2D eigenvalue weighted by atomic mass is 9.92. The van der Waals surface area contributed by atoms with Gasteiger partial charge in [0.2, 0.25) is 12.3 Å². The zero-order valence-electron chi connectivity index (χ0n) is 16.2. The molecule has 2 aliphatic heterocycles. The normalized spacial score (nSPS) is 22.8. The lowest BCUT2D eigenvalue weighted by molar-refractivity contribution is -0.119. The predicted molar refractivity (Wildman–Crippen MR) is 108 cm³/mol. The summed E-state index contributed by atoms with van der Waals surface area (Å²) in [6, 6.07) is 11.8. The first-order valence-electron chi connectivity index (χ1n) is 10.2. The van der Waals surface area contributed by atoms with Crippen LogP contribution in [-0.4, -0.2) is 52.1 Å². The molecular weight excluding hydrogens is 368 g/mol. The van der Waals surface area contributed by atoms with E-state index in [0.717, 1.165) is 54.9 Å². The summed E-state index contributed by atoms with van der Waals surface area (Å²) in [7, 11) is 0. The third kappa shape index (κ3) is 3.58. The van der Waals surface area contributed by atoms with Crippen LogP contribution in [0.15, 0.2) is 42.6 Å². The van der Waals surface area contributed by atoms with Gasteiger partial charge in [0, 0.05) is 31.4 Å². The first-order valence-corrected chi connectivity index (χ1v) is 10.2. The zero-order valence-corrected chi connectivity index (χ0v) is 16.2. The molecule has 0 saturated carbocycles. The largest absolute Gasteiger partial charge is 0.472 e. The number of amides is 1. The fourth-order valence-corrected chi connectivity index (χ4v) is 4.40. The van der Waals surface area contributed by atoms with E-state index in [2.05, 4.69) is 21.0 Å². The highest BCUT2D eigenvalue weighted by Crippen LogP contribution is 2.36. The van der Waals surface area contributed by atoms with Crippen molar-refractivity contribution >= 4 is 17.4 Å². The molecule has 7 nitrogen and oxygen atoms in total. The van der Waals surface area contributed by atoms with E-state index in [4.69, 9.17) is 9.47 Å². The number of hydrogen-bond acceptors (Lipinski definition) is 5. The fraction of sp³-hybridized carbons (Fsp3) is 0.409. The van der Waals surface area contributed by atoms with Gasteiger partial charge in [-0.2, -0.15) is 0 Å². The lowest BCUT2D eigenvalue weighted by Crippen LogP contribution is -2.26. The van der Waals surface area contributed by atoms with Gasteiger partial charge in [-0.3, -0.25) is 4.79 Å². The molecular formula is C22H24N4O3. The van der Waals surface area contributed by atoms with Gasteiger partial charge in [0.15, 0.2) is 0 Å². The minimum absolute atomic E-state index is 0.119. The summed E-state index contributed by atoms with van der Waals surface area (Å²) in [5, 5.41) is 0. The molecule has 29 heavy (non-hydrogen) atoms. The second-order valence-electron chi connectivity index (χ2n) is 7.72. The summed E-state index contributed by atoms with van der Waals surface area (Å²) >= 11 is 0. The number of para-hydroxylation sites is 2. The van der Waals surface area contributed by atoms with Crippen molar-refractivity contribution in [2.24, 2.45) is 0 Å². The van der Waals surface area contributed by atoms with Crippen LogP contribution in [0.4, 0.5) is 0 Å². The number of aromatic amines is 1. The number of carbonyl (C=O) groups excluding carboxylic acids is 1. The minimum Gasteiger partial charge on any atom is -0.472 e. The van der Waals surface area contributed by atoms with Crippen LogP contribution in [0.25, 0.3) is 11.0 Å². The van der Waals surface area contributed by atoms with E-state index < -0.39 is 0 Å². The van der Waals surface area contributed by atoms with Crippen molar-refractivity contribution in [2.75, 3.05) is 19.8 Å². The standard InChI is InChI=1S/C22H24N4O3/c27-14-26-13-16(12-20(26)21-24-18-5-1-2-6-19(18)25-21)29-22-17(4-3-9-23-22)15-7-10-28-11-8-15/h1-6,9,14-16,20H,7-8,10-13H2,(H,24,25). The monoisotopic (exact) mass is 392 g/mol. The second-order valence-corrected chi connectivity index (χ2v) is 7.72. The van der Waals surface area contributed by atoms with Crippen molar-refractivity contribution < 1.29 is 14.3 Å². The number of ether oxygens (including phenoxy) is 2. The van der Waals surface area contributed by atoms with Crippen LogP contribution in [-0.2, 0) is 9.53 Å². The molecule has 0 spiro atoms. The molecule has 2 unspecified atom stereocenters. The third-order valence-corrected chi connectivity index (χ3v) is 5.90. The molecule has 2 aliphatic rings. The van der Waals surface area contributed by atoms with Crippen LogP contribution in [0, 0.1) is 0 Å². The van der Waals surface area contributed by atoms with Gasteiger partial charge in [0.05, 0.1) is 23.6 Å². The van der Waals surface area contributed by atoms with Crippen LogP contribution in [0.5, 0.6) is 5.88 Å². The Morgan fingerprint density at radius 2 is 2.03 bits per heavy atom. The summed E-state index contributed by atoms with van der Waals surface area (Å²) in [4.78, 5) is 26.0. The number of fused-ring (bicyclic) bond motifs is 1. The van der Waals surface area contributed by atoms with Crippen LogP contribution < -0.4 is 4.74 Å². The molecule has 5 rings (SSSR count). The first-order chi connectivity index (χ1) is 14.3. The maximum absolute atomic E-state index is 11.7. The van der Waals surface area contributed by atoms with Gasteiger partial charge in [-0.15, -0.1) is 0 Å². The van der Waals surface area contributed by atoms with Gasteiger partial charge in [-0.05, 0) is 37.0 Å². The molecule has 4 heterocycles. The van der Waals surface area contributed by atoms with Gasteiger partial charge in [0.1, 0.15) is 11.9 Å². The molecule has 2 aromatic heterocycles. The summed E-state index contributed by atoms with van der Waals surface area (Å²) in [5.74, 6) is 1.89. The number of benzene rings is 1. The highest BCUT2D eigenvalue weighted by Gasteiger charge is 2.36. The van der Waals surface area contributed by atoms with Crippen molar-refractivity contribution in [2.45, 2.75) is 37.3 Å². The molecule has 1 aromatic carbocycles. The van der Waals surface area contributed by atoms with E-state index in [-0.39, 0.29) is 12.1 Å². The number of carbonyl (C=O) groups is 1. The number of hydrogen-bond donors (Lipinski definition) is 1. The Hall–Kier alpha value is -2.93.